The van der Waals surface area contributed by atoms with Gasteiger partial charge in [0.1, 0.15) is 5.75 Å². The second-order valence-electron chi connectivity index (χ2n) is 7.31. The van der Waals surface area contributed by atoms with Gasteiger partial charge in [0, 0.05) is 5.92 Å². The Labute approximate surface area is 155 Å². The third kappa shape index (κ3) is 2.16. The minimum atomic E-state index is -3.74. The van der Waals surface area contributed by atoms with E-state index in [2.05, 4.69) is 6.58 Å². The average Bonchev–Trinajstić information content (AvgIpc) is 2.57. The number of rotatable bonds is 3. The summed E-state index contributed by atoms with van der Waals surface area (Å²) in [5.74, 6) is 0.812. The normalized spacial score (nSPS) is 21.2. The molecule has 136 valence electrons. The van der Waals surface area contributed by atoms with E-state index in [9.17, 15) is 8.42 Å². The lowest BCUT2D eigenvalue weighted by Crippen LogP contribution is -2.53. The maximum Gasteiger partial charge on any atom is 0.265 e. The van der Waals surface area contributed by atoms with Crippen molar-refractivity contribution in [3.05, 3.63) is 64.7 Å². The summed E-state index contributed by atoms with van der Waals surface area (Å²) in [6, 6.07) is 9.37. The highest BCUT2D eigenvalue weighted by Crippen LogP contribution is 2.57. The third-order valence-electron chi connectivity index (χ3n) is 5.59. The molecule has 1 fully saturated rings. The van der Waals surface area contributed by atoms with Crippen molar-refractivity contribution >= 4 is 15.7 Å². The van der Waals surface area contributed by atoms with Crippen molar-refractivity contribution in [2.24, 2.45) is 0 Å². The topological polar surface area (TPSA) is 46.6 Å². The van der Waals surface area contributed by atoms with Crippen LogP contribution in [0.1, 0.15) is 34.6 Å². The van der Waals surface area contributed by atoms with Crippen LogP contribution in [0.3, 0.4) is 0 Å². The zero-order chi connectivity index (χ0) is 18.8. The van der Waals surface area contributed by atoms with E-state index in [0.717, 1.165) is 34.2 Å². The van der Waals surface area contributed by atoms with Gasteiger partial charge in [0.2, 0.25) is 0 Å². The first kappa shape index (κ1) is 17.2. The number of hydrogen-bond donors (Lipinski definition) is 0. The fourth-order valence-electron chi connectivity index (χ4n) is 4.51. The van der Waals surface area contributed by atoms with Gasteiger partial charge < -0.3 is 4.74 Å². The van der Waals surface area contributed by atoms with Gasteiger partial charge in [-0.25, -0.2) is 8.42 Å². The lowest BCUT2D eigenvalue weighted by atomic mass is 9.68. The first-order valence-electron chi connectivity index (χ1n) is 8.75. The molecule has 3 aliphatic rings. The summed E-state index contributed by atoms with van der Waals surface area (Å²) < 4.78 is 34.6. The molecule has 2 heterocycles. The summed E-state index contributed by atoms with van der Waals surface area (Å²) in [6.07, 6.45) is 0.780. The number of sulfonamides is 1. The summed E-state index contributed by atoms with van der Waals surface area (Å²) in [5, 5.41) is 0. The highest BCUT2D eigenvalue weighted by atomic mass is 32.2. The molecule has 2 bridgehead atoms. The molecular weight excluding hydrogens is 346 g/mol. The van der Waals surface area contributed by atoms with Gasteiger partial charge in [-0.2, -0.15) is 0 Å². The number of aryl methyl sites for hydroxylation is 3. The molecule has 0 saturated heterocycles. The smallest absolute Gasteiger partial charge is 0.265 e. The lowest BCUT2D eigenvalue weighted by Gasteiger charge is -2.52. The van der Waals surface area contributed by atoms with Crippen LogP contribution in [0.15, 0.2) is 47.4 Å². The van der Waals surface area contributed by atoms with E-state index in [1.807, 2.05) is 51.1 Å². The Morgan fingerprint density at radius 1 is 1.15 bits per heavy atom. The van der Waals surface area contributed by atoms with E-state index in [1.165, 1.54) is 0 Å². The first-order valence-corrected chi connectivity index (χ1v) is 10.2. The maximum atomic E-state index is 13.8. The molecule has 4 nitrogen and oxygen atoms in total. The molecule has 5 rings (SSSR count). The van der Waals surface area contributed by atoms with E-state index in [1.54, 1.807) is 11.4 Å². The fourth-order valence-corrected chi connectivity index (χ4v) is 6.63. The Hall–Kier alpha value is -2.27. The van der Waals surface area contributed by atoms with E-state index in [-0.39, 0.29) is 12.0 Å². The van der Waals surface area contributed by atoms with Crippen LogP contribution in [0.5, 0.6) is 5.75 Å². The largest absolute Gasteiger partial charge is 0.495 e. The van der Waals surface area contributed by atoms with Crippen LogP contribution in [-0.2, 0) is 10.0 Å². The summed E-state index contributed by atoms with van der Waals surface area (Å²) in [5.41, 5.74) is 5.23. The molecule has 2 aromatic rings. The van der Waals surface area contributed by atoms with Crippen LogP contribution in [0.2, 0.25) is 0 Å². The van der Waals surface area contributed by atoms with Gasteiger partial charge in [-0.15, -0.1) is 0 Å². The van der Waals surface area contributed by atoms with Crippen LogP contribution in [0, 0.1) is 20.8 Å². The monoisotopic (exact) mass is 369 g/mol. The molecule has 0 N–H and O–H groups in total. The number of para-hydroxylation sites is 1. The minimum absolute atomic E-state index is 0.200. The zero-order valence-electron chi connectivity index (χ0n) is 15.5. The number of nitrogens with zero attached hydrogens (tertiary/aromatic N) is 1. The van der Waals surface area contributed by atoms with Crippen LogP contribution < -0.4 is 9.04 Å². The second kappa shape index (κ2) is 5.61. The van der Waals surface area contributed by atoms with Crippen molar-refractivity contribution in [2.45, 2.75) is 44.0 Å². The highest BCUT2D eigenvalue weighted by molar-refractivity contribution is 7.93. The van der Waals surface area contributed by atoms with Gasteiger partial charge in [0.15, 0.2) is 0 Å². The Bertz CT molecular complexity index is 1020. The summed E-state index contributed by atoms with van der Waals surface area (Å²) in [7, 11) is -2.16. The molecule has 1 saturated carbocycles. The molecule has 0 spiro atoms. The van der Waals surface area contributed by atoms with Gasteiger partial charge >= 0.3 is 0 Å². The fraction of sp³-hybridized carbons (Fsp3) is 0.333. The third-order valence-corrected chi connectivity index (χ3v) is 7.70. The maximum absolute atomic E-state index is 13.8. The summed E-state index contributed by atoms with van der Waals surface area (Å²) in [6.45, 7) is 9.87. The van der Waals surface area contributed by atoms with Crippen LogP contribution >= 0.6 is 0 Å². The van der Waals surface area contributed by atoms with Crippen LogP contribution in [0.4, 0.5) is 5.69 Å². The van der Waals surface area contributed by atoms with Crippen molar-refractivity contribution in [2.75, 3.05) is 11.4 Å². The van der Waals surface area contributed by atoms with Crippen molar-refractivity contribution < 1.29 is 13.2 Å². The molecule has 2 aromatic carbocycles. The molecule has 0 aromatic heterocycles. The predicted molar refractivity (Wildman–Crippen MR) is 104 cm³/mol. The molecule has 5 heteroatoms. The second-order valence-corrected chi connectivity index (χ2v) is 9.06. The highest BCUT2D eigenvalue weighted by Gasteiger charge is 2.51. The SMILES string of the molecule is C=C1C2CC1N(S(=O)(=O)c1c(C)cc(C)cc1C)c1c(OC)cccc12. The number of benzene rings is 2. The van der Waals surface area contributed by atoms with Gasteiger partial charge in [0.05, 0.1) is 23.7 Å². The Balaban J connectivity index is 1.99. The van der Waals surface area contributed by atoms with Crippen molar-refractivity contribution in [3.8, 4) is 5.75 Å². The average molecular weight is 369 g/mol. The molecule has 2 aliphatic heterocycles. The lowest BCUT2D eigenvalue weighted by molar-refractivity contribution is 0.400. The summed E-state index contributed by atoms with van der Waals surface area (Å²) >= 11 is 0. The molecule has 2 atom stereocenters. The Kier molecular flexibility index (Phi) is 3.70. The van der Waals surface area contributed by atoms with E-state index in [4.69, 9.17) is 4.74 Å². The number of ether oxygens (including phenoxy) is 1. The van der Waals surface area contributed by atoms with E-state index >= 15 is 0 Å². The quantitative estimate of drug-likeness (QED) is 0.760. The molecule has 26 heavy (non-hydrogen) atoms. The predicted octanol–water partition coefficient (Wildman–Crippen LogP) is 4.24. The van der Waals surface area contributed by atoms with Crippen molar-refractivity contribution in [1.29, 1.82) is 0 Å². The minimum Gasteiger partial charge on any atom is -0.495 e. The van der Waals surface area contributed by atoms with Crippen molar-refractivity contribution in [1.82, 2.24) is 0 Å². The van der Waals surface area contributed by atoms with Gasteiger partial charge in [0.25, 0.3) is 10.0 Å². The number of methoxy groups -OCH3 is 1. The molecule has 1 aliphatic carbocycles. The molecule has 0 radical (unpaired) electrons. The number of hydrogen-bond acceptors (Lipinski definition) is 3. The number of anilines is 1. The zero-order valence-corrected chi connectivity index (χ0v) is 16.4. The standard InChI is InChI=1S/C21H23NO3S/c1-12-9-13(2)21(14(3)10-12)26(23,24)22-18-11-17(15(18)4)16-7-6-8-19(25-5)20(16)22/h6-10,17-18H,4,11H2,1-3,5H3. The molecular formula is C21H23NO3S. The van der Waals surface area contributed by atoms with Gasteiger partial charge in [-0.3, -0.25) is 4.31 Å². The first-order chi connectivity index (χ1) is 12.3. The van der Waals surface area contributed by atoms with E-state index < -0.39 is 10.0 Å². The molecule has 2 unspecified atom stereocenters. The van der Waals surface area contributed by atoms with Gasteiger partial charge in [-0.05, 0) is 55.5 Å². The van der Waals surface area contributed by atoms with E-state index in [0.29, 0.717) is 16.3 Å². The van der Waals surface area contributed by atoms with Crippen LogP contribution in [0.25, 0.3) is 0 Å². The molecule has 0 amide bonds. The van der Waals surface area contributed by atoms with Gasteiger partial charge in [-0.1, -0.05) is 36.4 Å². The Morgan fingerprint density at radius 3 is 2.38 bits per heavy atom. The Morgan fingerprint density at radius 2 is 1.81 bits per heavy atom. The van der Waals surface area contributed by atoms with Crippen molar-refractivity contribution in [3.63, 3.8) is 0 Å². The summed E-state index contributed by atoms with van der Waals surface area (Å²) in [4.78, 5) is 0.387. The van der Waals surface area contributed by atoms with Crippen LogP contribution in [-0.4, -0.2) is 21.6 Å².